The van der Waals surface area contributed by atoms with Crippen molar-refractivity contribution in [1.82, 2.24) is 0 Å². The first-order valence-corrected chi connectivity index (χ1v) is 8.50. The summed E-state index contributed by atoms with van der Waals surface area (Å²) in [5.74, 6) is -2.76. The van der Waals surface area contributed by atoms with Crippen molar-refractivity contribution in [3.63, 3.8) is 0 Å². The lowest BCUT2D eigenvalue weighted by molar-refractivity contribution is -0.167. The van der Waals surface area contributed by atoms with Crippen molar-refractivity contribution >= 4 is 29.3 Å². The Balaban J connectivity index is 2.26. The molecule has 5 nitrogen and oxygen atoms in total. The average Bonchev–Trinajstić information content (AvgIpc) is 2.62. The number of alkyl halides is 3. The maximum absolute atomic E-state index is 12.5. The molecule has 2 aromatic carbocycles. The van der Waals surface area contributed by atoms with E-state index < -0.39 is 18.0 Å². The van der Waals surface area contributed by atoms with Gasteiger partial charge in [0.1, 0.15) is 11.6 Å². The predicted octanol–water partition coefficient (Wildman–Crippen LogP) is 4.66. The lowest BCUT2D eigenvalue weighted by atomic mass is 10.0. The topological polar surface area (TPSA) is 82.0 Å². The number of hydrogen-bond acceptors (Lipinski definition) is 3. The fourth-order valence-electron chi connectivity index (χ4n) is 2.78. The van der Waals surface area contributed by atoms with Crippen molar-refractivity contribution < 1.29 is 22.8 Å². The summed E-state index contributed by atoms with van der Waals surface area (Å²) in [6, 6.07) is 11.0. The molecule has 2 N–H and O–H groups in total. The number of rotatable bonds is 4. The highest BCUT2D eigenvalue weighted by Gasteiger charge is 2.38. The Kier molecular flexibility index (Phi) is 6.44. The third kappa shape index (κ3) is 5.69. The summed E-state index contributed by atoms with van der Waals surface area (Å²) in [5.41, 5.74) is 3.25. The first kappa shape index (κ1) is 21.7. The van der Waals surface area contributed by atoms with Crippen molar-refractivity contribution in [2.24, 2.45) is 0 Å². The van der Waals surface area contributed by atoms with E-state index in [1.807, 2.05) is 32.9 Å². The smallest absolute Gasteiger partial charge is 0.321 e. The van der Waals surface area contributed by atoms with E-state index in [1.54, 1.807) is 11.4 Å². The molecule has 0 aliphatic carbocycles. The highest BCUT2D eigenvalue weighted by Crippen LogP contribution is 2.23. The Labute approximate surface area is 165 Å². The summed E-state index contributed by atoms with van der Waals surface area (Å²) >= 11 is 0. The molecule has 0 saturated carbocycles. The van der Waals surface area contributed by atoms with Gasteiger partial charge in [-0.1, -0.05) is 29.8 Å². The molecule has 0 aliphatic heterocycles. The lowest BCUT2D eigenvalue weighted by Crippen LogP contribution is -2.29. The van der Waals surface area contributed by atoms with Crippen molar-refractivity contribution in [1.29, 1.82) is 5.26 Å². The minimum Gasteiger partial charge on any atom is -0.321 e. The van der Waals surface area contributed by atoms with Crippen LogP contribution in [0.5, 0.6) is 0 Å². The second-order valence-corrected chi connectivity index (χ2v) is 6.48. The van der Waals surface area contributed by atoms with Crippen LogP contribution in [0.2, 0.25) is 0 Å². The number of carbonyl (C=O) groups excluding carboxylic acids is 2. The van der Waals surface area contributed by atoms with Crippen LogP contribution in [0.4, 0.5) is 24.5 Å². The van der Waals surface area contributed by atoms with E-state index in [9.17, 15) is 28.0 Å². The molecule has 8 heteroatoms. The van der Waals surface area contributed by atoms with Crippen molar-refractivity contribution in [2.45, 2.75) is 26.9 Å². The van der Waals surface area contributed by atoms with Crippen LogP contribution in [0, 0.1) is 32.1 Å². The fraction of sp³-hybridized carbons (Fsp3) is 0.190. The van der Waals surface area contributed by atoms with Gasteiger partial charge in [0.25, 0.3) is 5.91 Å². The number of anilines is 2. The summed E-state index contributed by atoms with van der Waals surface area (Å²) in [6.07, 6.45) is -3.79. The maximum Gasteiger partial charge on any atom is 0.471 e. The van der Waals surface area contributed by atoms with Crippen molar-refractivity contribution in [2.75, 3.05) is 10.6 Å². The minimum atomic E-state index is -5.02. The van der Waals surface area contributed by atoms with Gasteiger partial charge in [-0.25, -0.2) is 0 Å². The molecule has 0 atom stereocenters. The van der Waals surface area contributed by atoms with Crippen LogP contribution in [-0.4, -0.2) is 18.0 Å². The molecule has 0 aliphatic rings. The summed E-state index contributed by atoms with van der Waals surface area (Å²) in [5, 5.41) is 13.8. The Hall–Kier alpha value is -3.60. The molecule has 2 aromatic rings. The Morgan fingerprint density at radius 1 is 1.03 bits per heavy atom. The largest absolute Gasteiger partial charge is 0.471 e. The number of nitriles is 1. The molecule has 29 heavy (non-hydrogen) atoms. The summed E-state index contributed by atoms with van der Waals surface area (Å²) in [4.78, 5) is 23.6. The Morgan fingerprint density at radius 2 is 1.66 bits per heavy atom. The molecule has 0 fully saturated rings. The molecule has 0 aromatic heterocycles. The number of hydrogen-bond donors (Lipinski definition) is 2. The number of aryl methyl sites for hydroxylation is 3. The third-order valence-corrected chi connectivity index (χ3v) is 3.99. The first-order chi connectivity index (χ1) is 13.5. The summed E-state index contributed by atoms with van der Waals surface area (Å²) in [6.45, 7) is 5.59. The fourth-order valence-corrected chi connectivity index (χ4v) is 2.78. The predicted molar refractivity (Wildman–Crippen MR) is 104 cm³/mol. The minimum absolute atomic E-state index is 0.107. The van der Waals surface area contributed by atoms with Gasteiger partial charge in [0.2, 0.25) is 0 Å². The zero-order chi connectivity index (χ0) is 21.8. The lowest BCUT2D eigenvalue weighted by Gasteiger charge is -2.12. The van der Waals surface area contributed by atoms with Gasteiger partial charge in [-0.3, -0.25) is 9.59 Å². The Morgan fingerprint density at radius 3 is 2.21 bits per heavy atom. The van der Waals surface area contributed by atoms with Gasteiger partial charge in [0.15, 0.2) is 0 Å². The maximum atomic E-state index is 12.5. The average molecular weight is 401 g/mol. The number of carbonyl (C=O) groups is 2. The molecule has 0 bridgehead atoms. The number of amides is 2. The van der Waals surface area contributed by atoms with Gasteiger partial charge < -0.3 is 10.6 Å². The van der Waals surface area contributed by atoms with E-state index in [2.05, 4.69) is 5.32 Å². The van der Waals surface area contributed by atoms with Gasteiger partial charge >= 0.3 is 12.1 Å². The van der Waals surface area contributed by atoms with Crippen LogP contribution < -0.4 is 10.6 Å². The van der Waals surface area contributed by atoms with E-state index >= 15 is 0 Å². The number of nitrogens with zero attached hydrogens (tertiary/aromatic N) is 1. The molecule has 0 spiro atoms. The number of benzene rings is 2. The SMILES string of the molecule is Cc1cc(C)c(NC(=O)/C(C#N)=C/c2cccc(NC(=O)C(F)(F)F)c2)c(C)c1. The molecule has 2 amide bonds. The monoisotopic (exact) mass is 401 g/mol. The van der Waals surface area contributed by atoms with Crippen LogP contribution in [0.15, 0.2) is 42.0 Å². The molecule has 0 saturated heterocycles. The van der Waals surface area contributed by atoms with Gasteiger partial charge in [-0.15, -0.1) is 0 Å². The molecule has 150 valence electrons. The molecule has 0 unspecified atom stereocenters. The van der Waals surface area contributed by atoms with E-state index in [0.29, 0.717) is 5.69 Å². The second kappa shape index (κ2) is 8.61. The quantitative estimate of drug-likeness (QED) is 0.578. The standard InChI is InChI=1S/C21H18F3N3O2/c1-12-7-13(2)18(14(3)8-12)27-19(28)16(11-25)9-15-5-4-6-17(10-15)26-20(29)21(22,23)24/h4-10H,1-3H3,(H,26,29)(H,27,28)/b16-9+. The van der Waals surface area contributed by atoms with E-state index in [-0.39, 0.29) is 16.8 Å². The van der Waals surface area contributed by atoms with Gasteiger partial charge in [0.05, 0.1) is 0 Å². The summed E-state index contributed by atoms with van der Waals surface area (Å²) < 4.78 is 37.1. The van der Waals surface area contributed by atoms with Gasteiger partial charge in [-0.05, 0) is 55.7 Å². The van der Waals surface area contributed by atoms with Crippen LogP contribution in [0.25, 0.3) is 6.08 Å². The number of halogens is 3. The van der Waals surface area contributed by atoms with E-state index in [1.165, 1.54) is 30.3 Å². The second-order valence-electron chi connectivity index (χ2n) is 6.48. The van der Waals surface area contributed by atoms with Crippen molar-refractivity contribution in [3.8, 4) is 6.07 Å². The molecule has 0 radical (unpaired) electrons. The highest BCUT2D eigenvalue weighted by molar-refractivity contribution is 6.10. The van der Waals surface area contributed by atoms with Gasteiger partial charge in [0, 0.05) is 11.4 Å². The zero-order valence-electron chi connectivity index (χ0n) is 15.9. The van der Waals surface area contributed by atoms with Crippen LogP contribution >= 0.6 is 0 Å². The van der Waals surface area contributed by atoms with Crippen LogP contribution in [0.1, 0.15) is 22.3 Å². The van der Waals surface area contributed by atoms with Crippen molar-refractivity contribution in [3.05, 3.63) is 64.2 Å². The number of nitrogens with one attached hydrogen (secondary N) is 2. The summed E-state index contributed by atoms with van der Waals surface area (Å²) in [7, 11) is 0. The van der Waals surface area contributed by atoms with Crippen LogP contribution in [-0.2, 0) is 9.59 Å². The highest BCUT2D eigenvalue weighted by atomic mass is 19.4. The molecular weight excluding hydrogens is 383 g/mol. The van der Waals surface area contributed by atoms with Crippen LogP contribution in [0.3, 0.4) is 0 Å². The van der Waals surface area contributed by atoms with Gasteiger partial charge in [-0.2, -0.15) is 18.4 Å². The van der Waals surface area contributed by atoms with E-state index in [4.69, 9.17) is 0 Å². The van der Waals surface area contributed by atoms with E-state index in [0.717, 1.165) is 16.7 Å². The Bertz CT molecular complexity index is 1010. The normalized spacial score (nSPS) is 11.6. The first-order valence-electron chi connectivity index (χ1n) is 8.50. The molecular formula is C21H18F3N3O2. The molecule has 2 rings (SSSR count). The zero-order valence-corrected chi connectivity index (χ0v) is 15.9. The molecule has 0 heterocycles. The third-order valence-electron chi connectivity index (χ3n) is 3.99.